The van der Waals surface area contributed by atoms with E-state index in [0.29, 0.717) is 28.7 Å². The first-order valence-corrected chi connectivity index (χ1v) is 31.5. The van der Waals surface area contributed by atoms with E-state index in [4.69, 9.17) is 15.4 Å². The van der Waals surface area contributed by atoms with Crippen LogP contribution in [-0.4, -0.2) is 144 Å². The van der Waals surface area contributed by atoms with Gasteiger partial charge < -0.3 is 66.6 Å². The Morgan fingerprint density at radius 2 is 1.15 bits per heavy atom. The number of rotatable bonds is 37. The highest BCUT2D eigenvalue weighted by molar-refractivity contribution is 6.03. The van der Waals surface area contributed by atoms with Crippen LogP contribution in [0, 0.1) is 0 Å². The van der Waals surface area contributed by atoms with Crippen LogP contribution >= 0.6 is 0 Å². The van der Waals surface area contributed by atoms with Gasteiger partial charge in [-0.25, -0.2) is 9.59 Å². The fraction of sp³-hybridized carbons (Fsp3) is 0.357. The summed E-state index contributed by atoms with van der Waals surface area (Å²) in [4.78, 5) is 151. The predicted molar refractivity (Wildman–Crippen MR) is 358 cm³/mol. The number of aliphatic hydroxyl groups is 1. The Balaban J connectivity index is 0.000000623. The van der Waals surface area contributed by atoms with Crippen LogP contribution in [0.15, 0.2) is 163 Å². The maximum Gasteiger partial charge on any atom is 0.408 e. The molecule has 1 heterocycles. The van der Waals surface area contributed by atoms with Crippen LogP contribution in [0.3, 0.4) is 0 Å². The van der Waals surface area contributed by atoms with E-state index in [9.17, 15) is 57.8 Å². The molecule has 6 aromatic rings. The number of aliphatic carboxylic acids is 1. The zero-order valence-corrected chi connectivity index (χ0v) is 54.5. The lowest BCUT2D eigenvalue weighted by Gasteiger charge is -2.37. The van der Waals surface area contributed by atoms with Crippen molar-refractivity contribution in [2.24, 2.45) is 5.11 Å². The second-order valence-corrected chi connectivity index (χ2v) is 22.3. The number of methoxy groups -OCH3 is 2. The number of carboxylic acid groups (broad SMARTS) is 1. The van der Waals surface area contributed by atoms with Gasteiger partial charge in [-0.05, 0) is 47.2 Å². The summed E-state index contributed by atoms with van der Waals surface area (Å²) in [5, 5.41) is 41.7. The van der Waals surface area contributed by atoms with Crippen molar-refractivity contribution in [2.45, 2.75) is 133 Å². The Kier molecular flexibility index (Phi) is 31.7. The lowest BCUT2D eigenvalue weighted by molar-refractivity contribution is -0.145. The Morgan fingerprint density at radius 1 is 0.619 bits per heavy atom. The minimum absolute atomic E-state index is 0.0234. The summed E-state index contributed by atoms with van der Waals surface area (Å²) >= 11 is 0. The number of carbonyl (C=O) groups excluding carboxylic acids is 10. The molecular formula is C70H83N11O16. The molecule has 10 N–H and O–H groups in total. The molecule has 7 amide bonds. The van der Waals surface area contributed by atoms with Crippen molar-refractivity contribution in [3.63, 3.8) is 0 Å². The summed E-state index contributed by atoms with van der Waals surface area (Å²) < 4.78 is 14.0. The van der Waals surface area contributed by atoms with Crippen LogP contribution in [0.1, 0.15) is 117 Å². The van der Waals surface area contributed by atoms with Crippen LogP contribution < -0.4 is 37.2 Å². The molecule has 0 aliphatic heterocycles. The number of fused-ring (bicyclic) bond motifs is 1. The largest absolute Gasteiger partial charge is 0.480 e. The molecule has 0 bridgehead atoms. The summed E-state index contributed by atoms with van der Waals surface area (Å²) in [5.74, 6) is -8.95. The van der Waals surface area contributed by atoms with E-state index in [0.717, 1.165) is 63.6 Å². The number of ketones is 1. The first-order chi connectivity index (χ1) is 46.7. The number of ether oxygens (including phenoxy) is 3. The molecule has 0 saturated carbocycles. The highest BCUT2D eigenvalue weighted by Crippen LogP contribution is 2.37. The van der Waals surface area contributed by atoms with E-state index in [1.807, 2.05) is 115 Å². The Bertz CT molecular complexity index is 3600. The van der Waals surface area contributed by atoms with Gasteiger partial charge in [-0.1, -0.05) is 197 Å². The van der Waals surface area contributed by atoms with Gasteiger partial charge in [0.2, 0.25) is 35.4 Å². The van der Waals surface area contributed by atoms with Crippen LogP contribution in [-0.2, 0) is 69.3 Å². The van der Waals surface area contributed by atoms with Crippen LogP contribution in [0.4, 0.5) is 10.5 Å². The minimum Gasteiger partial charge on any atom is -0.480 e. The van der Waals surface area contributed by atoms with E-state index in [1.54, 1.807) is 18.3 Å². The van der Waals surface area contributed by atoms with E-state index in [2.05, 4.69) is 75.2 Å². The smallest absolute Gasteiger partial charge is 0.408 e. The molecule has 97 heavy (non-hydrogen) atoms. The molecule has 0 spiro atoms. The number of nitrogens with zero attached hydrogens (tertiary/aromatic N) is 3. The van der Waals surface area contributed by atoms with Crippen molar-refractivity contribution in [3.8, 4) is 0 Å². The minimum atomic E-state index is -1.81. The number of Topliss-reactive ketones (excluding diaryl/α,β-unsaturated/α-hetero) is 1. The third-order valence-electron chi connectivity index (χ3n) is 15.3. The molecule has 27 heteroatoms. The molecule has 0 aliphatic carbocycles. The highest BCUT2D eigenvalue weighted by Gasteiger charge is 2.41. The zero-order chi connectivity index (χ0) is 70.7. The van der Waals surface area contributed by atoms with Crippen molar-refractivity contribution in [1.82, 2.24) is 42.2 Å². The summed E-state index contributed by atoms with van der Waals surface area (Å²) in [5.41, 5.74) is 10.7. The summed E-state index contributed by atoms with van der Waals surface area (Å²) in [7, 11) is 2.16. The van der Waals surface area contributed by atoms with Gasteiger partial charge in [-0.15, -0.1) is 0 Å². The number of aromatic amines is 1. The van der Waals surface area contributed by atoms with Crippen molar-refractivity contribution in [2.75, 3.05) is 27.4 Å². The number of aromatic nitrogens is 1. The molecule has 27 nitrogen and oxygen atoms in total. The standard InChI is InChI=1S/C56H69N7O11.C14H14N4O5/c1-5-6-7-8-9-10-20-31-47(65)59-44(32-38-35-57-43-30-22-21-29-42(38)43)52(69)60-45(53(70)61-46(34-49(67)73-3)54(71)62-51(37(2)64)55(72)58-36-50(68)74-4)33-48(66)63-56(39-23-14-11-15-24-39,40-25-16-12-17-26-40)41-27-18-13-19-28-41;1-2-7-23-14(22)16-11(13(20)21)8-12(19)9-5-3-4-6-10(9)17-18-15/h11-19,21-30,35,37,44-46,51,57,64H,5-10,20,31-34,36H2,1-4H3,(H,58,72)(H,59,65)(H,60,69)(H,61,70)(H,62,71)(H,63,66);2-6,11H,1,7-8H2,(H,16,22)(H,20,21). The number of unbranched alkanes of at least 4 members (excludes halogenated alkanes) is 6. The lowest BCUT2D eigenvalue weighted by atomic mass is 9.77. The van der Waals surface area contributed by atoms with Crippen LogP contribution in [0.25, 0.3) is 21.3 Å². The number of H-pyrrole nitrogens is 1. The summed E-state index contributed by atoms with van der Waals surface area (Å²) in [6.45, 7) is 6.00. The van der Waals surface area contributed by atoms with Crippen molar-refractivity contribution >= 4 is 81.8 Å². The first-order valence-electron chi connectivity index (χ1n) is 31.5. The van der Waals surface area contributed by atoms with Gasteiger partial charge in [-0.2, -0.15) is 0 Å². The number of alkyl carbamates (subject to hydrolysis) is 1. The number of esters is 2. The first kappa shape index (κ1) is 76.5. The molecule has 0 aliphatic rings. The number of aliphatic hydroxyl groups excluding tert-OH is 1. The van der Waals surface area contributed by atoms with Crippen LogP contribution in [0.5, 0.6) is 0 Å². The molecule has 6 unspecified atom stereocenters. The molecule has 6 atom stereocenters. The topological polar surface area (TPSA) is 405 Å². The maximum absolute atomic E-state index is 15.0. The Hall–Kier alpha value is -11.2. The van der Waals surface area contributed by atoms with Gasteiger partial charge in [0, 0.05) is 52.5 Å². The predicted octanol–water partition coefficient (Wildman–Crippen LogP) is 7.09. The SMILES string of the molecule is C=CCOC(=O)NC(CC(=O)c1ccccc1N=[N+]=[N-])C(=O)O.CCCCCCCCCC(=O)NC(Cc1c[nH]c2ccccc12)C(=O)NC(CC(=O)NC(c1ccccc1)(c1ccccc1)c1ccccc1)C(=O)NC(CC(=O)OC)C(=O)NC(C(=O)NCC(=O)OC)C(C)O. The van der Waals surface area contributed by atoms with Gasteiger partial charge in [0.05, 0.1) is 33.2 Å². The monoisotopic (exact) mass is 1330 g/mol. The fourth-order valence-electron chi connectivity index (χ4n) is 10.3. The van der Waals surface area contributed by atoms with E-state index in [1.165, 1.54) is 25.1 Å². The van der Waals surface area contributed by atoms with Gasteiger partial charge in [0.15, 0.2) is 5.78 Å². The second kappa shape index (κ2) is 40.2. The highest BCUT2D eigenvalue weighted by atomic mass is 16.5. The number of amides is 7. The fourth-order valence-corrected chi connectivity index (χ4v) is 10.3. The number of azide groups is 1. The van der Waals surface area contributed by atoms with Gasteiger partial charge in [-0.3, -0.25) is 43.2 Å². The molecule has 0 saturated heterocycles. The van der Waals surface area contributed by atoms with E-state index in [-0.39, 0.29) is 30.7 Å². The molecule has 1 aromatic heterocycles. The molecule has 514 valence electrons. The number of para-hydroxylation sites is 1. The van der Waals surface area contributed by atoms with Crippen LogP contribution in [0.2, 0.25) is 0 Å². The number of hydrogen-bond donors (Lipinski definition) is 10. The van der Waals surface area contributed by atoms with Gasteiger partial charge in [0.25, 0.3) is 0 Å². The Labute approximate surface area is 560 Å². The van der Waals surface area contributed by atoms with E-state index >= 15 is 0 Å². The number of carbonyl (C=O) groups is 11. The van der Waals surface area contributed by atoms with Crippen molar-refractivity contribution < 1.29 is 77.2 Å². The summed E-state index contributed by atoms with van der Waals surface area (Å²) in [6, 6.07) is 32.9. The average molecular weight is 1330 g/mol. The normalized spacial score (nSPS) is 12.6. The van der Waals surface area contributed by atoms with Crippen molar-refractivity contribution in [3.05, 3.63) is 197 Å². The average Bonchev–Trinajstić information content (AvgIpc) is 1.20. The molecule has 0 fully saturated rings. The zero-order valence-electron chi connectivity index (χ0n) is 54.5. The van der Waals surface area contributed by atoms with E-state index < -0.39 is 133 Å². The van der Waals surface area contributed by atoms with Crippen molar-refractivity contribution in [1.29, 1.82) is 0 Å². The Morgan fingerprint density at radius 3 is 1.72 bits per heavy atom. The number of benzene rings is 5. The number of carboxylic acids is 1. The summed E-state index contributed by atoms with van der Waals surface area (Å²) in [6.07, 6.45) is 5.36. The molecule has 0 radical (unpaired) electrons. The molecule has 6 rings (SSSR count). The molecular weight excluding hydrogens is 1250 g/mol. The maximum atomic E-state index is 15.0. The second-order valence-electron chi connectivity index (χ2n) is 22.3. The third-order valence-corrected chi connectivity index (χ3v) is 15.3. The quantitative estimate of drug-likeness (QED) is 0.00214. The van der Waals surface area contributed by atoms with Gasteiger partial charge in [0.1, 0.15) is 48.9 Å². The lowest BCUT2D eigenvalue weighted by Crippen LogP contribution is -2.61. The molecule has 5 aromatic carbocycles. The third kappa shape index (κ3) is 24.0. The number of hydrogen-bond acceptors (Lipinski definition) is 16. The number of nitrogens with one attached hydrogen (secondary N) is 8. The van der Waals surface area contributed by atoms with Gasteiger partial charge >= 0.3 is 24.0 Å².